The van der Waals surface area contributed by atoms with E-state index < -0.39 is 0 Å². The summed E-state index contributed by atoms with van der Waals surface area (Å²) in [6.07, 6.45) is 1.05. The molecule has 0 saturated carbocycles. The average Bonchev–Trinajstić information content (AvgIpc) is 2.70. The molecule has 0 spiro atoms. The highest BCUT2D eigenvalue weighted by atomic mass is 16.5. The molecule has 0 amide bonds. The van der Waals surface area contributed by atoms with E-state index in [1.807, 2.05) is 13.0 Å². The highest BCUT2D eigenvalue weighted by Crippen LogP contribution is 2.39. The van der Waals surface area contributed by atoms with E-state index in [0.717, 1.165) is 30.6 Å². The average molecular weight is 250 g/mol. The summed E-state index contributed by atoms with van der Waals surface area (Å²) in [7, 11) is 3.69. The van der Waals surface area contributed by atoms with Gasteiger partial charge in [0.05, 0.1) is 7.11 Å². The minimum absolute atomic E-state index is 0.220. The fourth-order valence-electron chi connectivity index (χ4n) is 2.91. The second kappa shape index (κ2) is 5.16. The number of hydrogen-bond donors (Lipinski definition) is 2. The van der Waals surface area contributed by atoms with Gasteiger partial charge in [0.1, 0.15) is 0 Å². The van der Waals surface area contributed by atoms with Crippen molar-refractivity contribution in [2.45, 2.75) is 19.4 Å². The van der Waals surface area contributed by atoms with Gasteiger partial charge in [0, 0.05) is 12.6 Å². The molecule has 3 N–H and O–H groups in total. The van der Waals surface area contributed by atoms with Crippen LogP contribution in [0.1, 0.15) is 23.6 Å². The minimum Gasteiger partial charge on any atom is -0.504 e. The van der Waals surface area contributed by atoms with Gasteiger partial charge in [-0.1, -0.05) is 6.07 Å². The van der Waals surface area contributed by atoms with Crippen molar-refractivity contribution in [2.24, 2.45) is 11.7 Å². The maximum atomic E-state index is 9.97. The van der Waals surface area contributed by atoms with Crippen molar-refractivity contribution in [2.75, 3.05) is 27.2 Å². The van der Waals surface area contributed by atoms with Gasteiger partial charge in [0.15, 0.2) is 11.5 Å². The van der Waals surface area contributed by atoms with Crippen molar-refractivity contribution in [1.82, 2.24) is 4.90 Å². The van der Waals surface area contributed by atoms with E-state index in [0.29, 0.717) is 17.7 Å². The summed E-state index contributed by atoms with van der Waals surface area (Å²) in [6.45, 7) is 3.70. The van der Waals surface area contributed by atoms with Crippen LogP contribution in [0.5, 0.6) is 11.5 Å². The Morgan fingerprint density at radius 1 is 1.50 bits per heavy atom. The first-order chi connectivity index (χ1) is 8.56. The Morgan fingerprint density at radius 3 is 2.72 bits per heavy atom. The van der Waals surface area contributed by atoms with Gasteiger partial charge in [0.25, 0.3) is 0 Å². The molecular formula is C14H22N2O2. The Labute approximate surface area is 108 Å². The van der Waals surface area contributed by atoms with E-state index in [1.165, 1.54) is 0 Å². The standard InChI is InChI=1S/C14H22N2O2/c1-9-4-11(6-13(17)14(9)18-3)12-5-10(7-15)8-16(12)2/h4,6,10,12,17H,5,7-8,15H2,1-3H3. The molecule has 1 aromatic rings. The largest absolute Gasteiger partial charge is 0.504 e. The fourth-order valence-corrected chi connectivity index (χ4v) is 2.91. The van der Waals surface area contributed by atoms with Crippen LogP contribution >= 0.6 is 0 Å². The lowest BCUT2D eigenvalue weighted by atomic mass is 9.98. The quantitative estimate of drug-likeness (QED) is 0.856. The van der Waals surface area contributed by atoms with Gasteiger partial charge in [0.2, 0.25) is 0 Å². The lowest BCUT2D eigenvalue weighted by Crippen LogP contribution is -2.20. The molecular weight excluding hydrogens is 228 g/mol. The van der Waals surface area contributed by atoms with Crippen molar-refractivity contribution in [1.29, 1.82) is 0 Å². The van der Waals surface area contributed by atoms with E-state index in [4.69, 9.17) is 10.5 Å². The van der Waals surface area contributed by atoms with Crippen molar-refractivity contribution in [3.05, 3.63) is 23.3 Å². The molecule has 4 heteroatoms. The number of likely N-dealkylation sites (tertiary alicyclic amines) is 1. The van der Waals surface area contributed by atoms with Gasteiger partial charge in [-0.15, -0.1) is 0 Å². The van der Waals surface area contributed by atoms with Crippen LogP contribution in [0, 0.1) is 12.8 Å². The summed E-state index contributed by atoms with van der Waals surface area (Å²) in [4.78, 5) is 2.30. The summed E-state index contributed by atoms with van der Waals surface area (Å²) in [5, 5.41) is 9.97. The lowest BCUT2D eigenvalue weighted by molar-refractivity contribution is 0.311. The zero-order chi connectivity index (χ0) is 13.3. The third-order valence-electron chi connectivity index (χ3n) is 3.83. The van der Waals surface area contributed by atoms with Gasteiger partial charge in [-0.05, 0) is 50.0 Å². The number of aryl methyl sites for hydroxylation is 1. The number of nitrogens with two attached hydrogens (primary N) is 1. The molecule has 0 aromatic heterocycles. The highest BCUT2D eigenvalue weighted by molar-refractivity contribution is 5.48. The van der Waals surface area contributed by atoms with Crippen LogP contribution in [0.4, 0.5) is 0 Å². The summed E-state index contributed by atoms with van der Waals surface area (Å²) < 4.78 is 5.18. The molecule has 2 rings (SSSR count). The van der Waals surface area contributed by atoms with Crippen LogP contribution in [0.2, 0.25) is 0 Å². The maximum absolute atomic E-state index is 9.97. The first kappa shape index (κ1) is 13.2. The Bertz CT molecular complexity index is 411. The Balaban J connectivity index is 2.29. The third kappa shape index (κ3) is 2.31. The van der Waals surface area contributed by atoms with Crippen LogP contribution in [-0.4, -0.2) is 37.3 Å². The molecule has 2 atom stereocenters. The summed E-state index contributed by atoms with van der Waals surface area (Å²) >= 11 is 0. The molecule has 1 aliphatic rings. The van der Waals surface area contributed by atoms with E-state index in [1.54, 1.807) is 7.11 Å². The van der Waals surface area contributed by atoms with E-state index >= 15 is 0 Å². The Kier molecular flexibility index (Phi) is 3.78. The number of benzene rings is 1. The van der Waals surface area contributed by atoms with Gasteiger partial charge >= 0.3 is 0 Å². The molecule has 1 fully saturated rings. The highest BCUT2D eigenvalue weighted by Gasteiger charge is 2.30. The minimum atomic E-state index is 0.220. The molecule has 100 valence electrons. The lowest BCUT2D eigenvalue weighted by Gasteiger charge is -2.21. The van der Waals surface area contributed by atoms with Crippen molar-refractivity contribution >= 4 is 0 Å². The number of ether oxygens (including phenoxy) is 1. The molecule has 0 aliphatic carbocycles. The molecule has 0 bridgehead atoms. The molecule has 0 radical (unpaired) electrons. The molecule has 1 aliphatic heterocycles. The maximum Gasteiger partial charge on any atom is 0.163 e. The second-order valence-electron chi connectivity index (χ2n) is 5.18. The third-order valence-corrected chi connectivity index (χ3v) is 3.83. The van der Waals surface area contributed by atoms with E-state index in [-0.39, 0.29) is 5.75 Å². The van der Waals surface area contributed by atoms with Crippen LogP contribution in [0.3, 0.4) is 0 Å². The molecule has 1 heterocycles. The number of rotatable bonds is 3. The number of phenols is 1. The predicted molar refractivity (Wildman–Crippen MR) is 71.9 cm³/mol. The normalized spacial score (nSPS) is 24.4. The van der Waals surface area contributed by atoms with E-state index in [9.17, 15) is 5.11 Å². The van der Waals surface area contributed by atoms with Gasteiger partial charge in [-0.2, -0.15) is 0 Å². The Morgan fingerprint density at radius 2 is 2.22 bits per heavy atom. The SMILES string of the molecule is COc1c(C)cc(C2CC(CN)CN2C)cc1O. The molecule has 1 aromatic carbocycles. The number of aromatic hydroxyl groups is 1. The molecule has 4 nitrogen and oxygen atoms in total. The zero-order valence-electron chi connectivity index (χ0n) is 11.3. The summed E-state index contributed by atoms with van der Waals surface area (Å²) in [6, 6.07) is 4.25. The van der Waals surface area contributed by atoms with Crippen molar-refractivity contribution in [3.8, 4) is 11.5 Å². The Hall–Kier alpha value is -1.26. The molecule has 1 saturated heterocycles. The first-order valence-electron chi connectivity index (χ1n) is 6.34. The summed E-state index contributed by atoms with van der Waals surface area (Å²) in [5.74, 6) is 1.33. The smallest absolute Gasteiger partial charge is 0.163 e. The zero-order valence-corrected chi connectivity index (χ0v) is 11.3. The van der Waals surface area contributed by atoms with E-state index in [2.05, 4.69) is 18.0 Å². The van der Waals surface area contributed by atoms with Gasteiger partial charge < -0.3 is 15.6 Å². The number of phenolic OH excluding ortho intramolecular Hbond substituents is 1. The number of hydrogen-bond acceptors (Lipinski definition) is 4. The van der Waals surface area contributed by atoms with Crippen LogP contribution < -0.4 is 10.5 Å². The van der Waals surface area contributed by atoms with Crippen molar-refractivity contribution in [3.63, 3.8) is 0 Å². The van der Waals surface area contributed by atoms with Crippen molar-refractivity contribution < 1.29 is 9.84 Å². The first-order valence-corrected chi connectivity index (χ1v) is 6.34. The fraction of sp³-hybridized carbons (Fsp3) is 0.571. The van der Waals surface area contributed by atoms with Gasteiger partial charge in [-0.25, -0.2) is 0 Å². The van der Waals surface area contributed by atoms with Crippen LogP contribution in [0.15, 0.2) is 12.1 Å². The monoisotopic (exact) mass is 250 g/mol. The topological polar surface area (TPSA) is 58.7 Å². The van der Waals surface area contributed by atoms with Crippen LogP contribution in [0.25, 0.3) is 0 Å². The number of nitrogens with zero attached hydrogens (tertiary/aromatic N) is 1. The van der Waals surface area contributed by atoms with Gasteiger partial charge in [-0.3, -0.25) is 4.90 Å². The second-order valence-corrected chi connectivity index (χ2v) is 5.18. The number of methoxy groups -OCH3 is 1. The summed E-state index contributed by atoms with van der Waals surface area (Å²) in [5.41, 5.74) is 7.86. The van der Waals surface area contributed by atoms with Crippen LogP contribution in [-0.2, 0) is 0 Å². The molecule has 2 unspecified atom stereocenters. The predicted octanol–water partition coefficient (Wildman–Crippen LogP) is 1.66. The molecule has 18 heavy (non-hydrogen) atoms.